The van der Waals surface area contributed by atoms with Gasteiger partial charge in [-0.3, -0.25) is 0 Å². The quantitative estimate of drug-likeness (QED) is 0.635. The van der Waals surface area contributed by atoms with Gasteiger partial charge in [-0.1, -0.05) is 31.5 Å². The molecule has 1 aliphatic carbocycles. The van der Waals surface area contributed by atoms with E-state index in [9.17, 15) is 4.39 Å². The largest absolute Gasteiger partial charge is 0.389 e. The highest BCUT2D eigenvalue weighted by molar-refractivity contribution is 7.80. The molecule has 1 aliphatic rings. The monoisotopic (exact) mass is 267 g/mol. The average Bonchev–Trinajstić information content (AvgIpc) is 2.25. The van der Waals surface area contributed by atoms with Gasteiger partial charge in [-0.05, 0) is 36.1 Å². The number of rotatable bonds is 6. The molecular weight excluding hydrogens is 249 g/mol. The van der Waals surface area contributed by atoms with Crippen LogP contribution in [0.15, 0.2) is 18.2 Å². The number of hydrogen-bond donors (Lipinski definition) is 1. The Kier molecular flexibility index (Phi) is 4.66. The summed E-state index contributed by atoms with van der Waals surface area (Å²) in [5.74, 6) is 0.516. The summed E-state index contributed by atoms with van der Waals surface area (Å²) in [5.41, 5.74) is 6.84. The van der Waals surface area contributed by atoms with Crippen molar-refractivity contribution in [2.24, 2.45) is 11.7 Å². The van der Waals surface area contributed by atoms with Crippen LogP contribution in [0.25, 0.3) is 0 Å². The Morgan fingerprint density at radius 2 is 2.17 bits per heavy atom. The summed E-state index contributed by atoms with van der Waals surface area (Å²) in [7, 11) is 0. The highest BCUT2D eigenvalue weighted by Gasteiger charge is 2.16. The van der Waals surface area contributed by atoms with Gasteiger partial charge in [0.05, 0.1) is 6.61 Å². The van der Waals surface area contributed by atoms with Crippen molar-refractivity contribution in [2.45, 2.75) is 32.3 Å². The highest BCUT2D eigenvalue weighted by atomic mass is 32.1. The smallest absolute Gasteiger partial charge is 0.124 e. The van der Waals surface area contributed by atoms with Crippen molar-refractivity contribution in [2.75, 3.05) is 6.61 Å². The zero-order chi connectivity index (χ0) is 13.0. The minimum absolute atomic E-state index is 0.213. The maximum atomic E-state index is 13.3. The predicted octanol–water partition coefficient (Wildman–Crippen LogP) is 3.17. The molecule has 18 heavy (non-hydrogen) atoms. The Hall–Kier alpha value is -1.00. The van der Waals surface area contributed by atoms with E-state index >= 15 is 0 Å². The second kappa shape index (κ2) is 6.25. The van der Waals surface area contributed by atoms with Crippen LogP contribution in [0.2, 0.25) is 0 Å². The third kappa shape index (κ3) is 3.75. The molecule has 0 spiro atoms. The minimum Gasteiger partial charge on any atom is -0.389 e. The van der Waals surface area contributed by atoms with Crippen LogP contribution in [-0.2, 0) is 11.3 Å². The number of ether oxygens (including phenoxy) is 1. The van der Waals surface area contributed by atoms with Gasteiger partial charge in [-0.2, -0.15) is 0 Å². The van der Waals surface area contributed by atoms with E-state index in [2.05, 4.69) is 0 Å². The first-order valence-electron chi connectivity index (χ1n) is 6.32. The van der Waals surface area contributed by atoms with Crippen molar-refractivity contribution in [1.82, 2.24) is 0 Å². The average molecular weight is 267 g/mol. The molecule has 0 amide bonds. The number of hydrogen-bond acceptors (Lipinski definition) is 2. The van der Waals surface area contributed by atoms with Gasteiger partial charge < -0.3 is 10.5 Å². The molecule has 98 valence electrons. The molecule has 0 heterocycles. The molecule has 0 unspecified atom stereocenters. The predicted molar refractivity (Wildman–Crippen MR) is 73.9 cm³/mol. The van der Waals surface area contributed by atoms with Crippen molar-refractivity contribution in [3.63, 3.8) is 0 Å². The Morgan fingerprint density at radius 3 is 2.78 bits per heavy atom. The van der Waals surface area contributed by atoms with Crippen molar-refractivity contribution < 1.29 is 9.13 Å². The van der Waals surface area contributed by atoms with Crippen molar-refractivity contribution in [3.8, 4) is 0 Å². The molecule has 1 fully saturated rings. The minimum atomic E-state index is -0.321. The van der Waals surface area contributed by atoms with Crippen LogP contribution >= 0.6 is 12.2 Å². The van der Waals surface area contributed by atoms with Crippen molar-refractivity contribution in [3.05, 3.63) is 35.1 Å². The highest BCUT2D eigenvalue weighted by Crippen LogP contribution is 2.29. The fourth-order valence-electron chi connectivity index (χ4n) is 2.10. The summed E-state index contributed by atoms with van der Waals surface area (Å²) in [5, 5.41) is 0. The lowest BCUT2D eigenvalue weighted by Gasteiger charge is -2.24. The molecule has 0 saturated heterocycles. The first kappa shape index (κ1) is 13.4. The molecular formula is C14H18FNOS. The van der Waals surface area contributed by atoms with E-state index in [4.69, 9.17) is 22.7 Å². The molecule has 0 atom stereocenters. The molecule has 2 rings (SSSR count). The lowest BCUT2D eigenvalue weighted by atomic mass is 9.83. The second-order valence-electron chi connectivity index (χ2n) is 4.85. The summed E-state index contributed by atoms with van der Waals surface area (Å²) < 4.78 is 18.9. The molecule has 1 aromatic carbocycles. The summed E-state index contributed by atoms with van der Waals surface area (Å²) in [6, 6.07) is 4.60. The number of halogens is 1. The molecule has 1 saturated carbocycles. The van der Waals surface area contributed by atoms with E-state index in [1.807, 2.05) is 0 Å². The summed E-state index contributed by atoms with van der Waals surface area (Å²) in [6.07, 6.45) is 5.12. The lowest BCUT2D eigenvalue weighted by molar-refractivity contribution is 0.0948. The molecule has 1 aromatic rings. The topological polar surface area (TPSA) is 35.2 Å². The van der Waals surface area contributed by atoms with Crippen LogP contribution in [0.1, 0.15) is 36.8 Å². The molecule has 0 radical (unpaired) electrons. The maximum absolute atomic E-state index is 13.3. The fraction of sp³-hybridized carbons (Fsp3) is 0.500. The third-order valence-electron chi connectivity index (χ3n) is 3.41. The SMILES string of the molecule is NC(=S)c1cc(F)cc(COCCC2CCC2)c1. The zero-order valence-corrected chi connectivity index (χ0v) is 11.1. The molecule has 2 N–H and O–H groups in total. The van der Waals surface area contributed by atoms with Crippen LogP contribution in [-0.4, -0.2) is 11.6 Å². The van der Waals surface area contributed by atoms with E-state index in [0.29, 0.717) is 12.2 Å². The van der Waals surface area contributed by atoms with Crippen LogP contribution in [0.4, 0.5) is 4.39 Å². The van der Waals surface area contributed by atoms with Crippen LogP contribution in [0, 0.1) is 11.7 Å². The molecule has 0 aromatic heterocycles. The summed E-state index contributed by atoms with van der Waals surface area (Å²) >= 11 is 4.84. The summed E-state index contributed by atoms with van der Waals surface area (Å²) in [6.45, 7) is 1.16. The molecule has 2 nitrogen and oxygen atoms in total. The van der Waals surface area contributed by atoms with Crippen LogP contribution in [0.3, 0.4) is 0 Å². The second-order valence-corrected chi connectivity index (χ2v) is 5.29. The van der Waals surface area contributed by atoms with E-state index in [0.717, 1.165) is 24.5 Å². The van der Waals surface area contributed by atoms with Gasteiger partial charge in [0, 0.05) is 12.2 Å². The van der Waals surface area contributed by atoms with Gasteiger partial charge in [-0.15, -0.1) is 0 Å². The molecule has 0 bridgehead atoms. The molecule has 4 heteroatoms. The standard InChI is InChI=1S/C14H18FNOS/c15-13-7-11(6-12(8-13)14(16)18)9-17-5-4-10-2-1-3-10/h6-8,10H,1-5,9H2,(H2,16,18). The zero-order valence-electron chi connectivity index (χ0n) is 10.3. The van der Waals surface area contributed by atoms with E-state index in [1.54, 1.807) is 6.07 Å². The van der Waals surface area contributed by atoms with Gasteiger partial charge in [0.2, 0.25) is 0 Å². The fourth-order valence-corrected chi connectivity index (χ4v) is 2.22. The first-order chi connectivity index (χ1) is 8.65. The van der Waals surface area contributed by atoms with E-state index in [1.165, 1.54) is 31.4 Å². The molecule has 0 aliphatic heterocycles. The number of benzene rings is 1. The Labute approximate surface area is 112 Å². The normalized spacial score (nSPS) is 15.4. The Balaban J connectivity index is 1.82. The van der Waals surface area contributed by atoms with Crippen LogP contribution < -0.4 is 5.73 Å². The van der Waals surface area contributed by atoms with Gasteiger partial charge in [0.25, 0.3) is 0 Å². The maximum Gasteiger partial charge on any atom is 0.124 e. The third-order valence-corrected chi connectivity index (χ3v) is 3.64. The number of thiocarbonyl (C=S) groups is 1. The van der Waals surface area contributed by atoms with Gasteiger partial charge in [0.15, 0.2) is 0 Å². The Morgan fingerprint density at radius 1 is 1.39 bits per heavy atom. The van der Waals surface area contributed by atoms with Crippen molar-refractivity contribution >= 4 is 17.2 Å². The number of nitrogens with two attached hydrogens (primary N) is 1. The van der Waals surface area contributed by atoms with Gasteiger partial charge in [-0.25, -0.2) is 4.39 Å². The van der Waals surface area contributed by atoms with Crippen molar-refractivity contribution in [1.29, 1.82) is 0 Å². The summed E-state index contributed by atoms with van der Waals surface area (Å²) in [4.78, 5) is 0.213. The van der Waals surface area contributed by atoms with Gasteiger partial charge >= 0.3 is 0 Å². The lowest BCUT2D eigenvalue weighted by Crippen LogP contribution is -2.13. The first-order valence-corrected chi connectivity index (χ1v) is 6.73. The Bertz CT molecular complexity index is 432. The van der Waals surface area contributed by atoms with Gasteiger partial charge in [0.1, 0.15) is 10.8 Å². The van der Waals surface area contributed by atoms with Crippen LogP contribution in [0.5, 0.6) is 0 Å². The van der Waals surface area contributed by atoms with E-state index < -0.39 is 0 Å². The van der Waals surface area contributed by atoms with E-state index in [-0.39, 0.29) is 10.8 Å².